The minimum atomic E-state index is -4.55. The fourth-order valence-corrected chi connectivity index (χ4v) is 3.88. The maximum absolute atomic E-state index is 13.8. The molecule has 1 unspecified atom stereocenters. The Kier molecular flexibility index (Phi) is 9.45. The summed E-state index contributed by atoms with van der Waals surface area (Å²) in [6.07, 6.45) is -2.36. The molecule has 7 nitrogen and oxygen atoms in total. The van der Waals surface area contributed by atoms with Gasteiger partial charge in [-0.1, -0.05) is 6.58 Å². The van der Waals surface area contributed by atoms with Gasteiger partial charge in [0.25, 0.3) is 0 Å². The van der Waals surface area contributed by atoms with Crippen LogP contribution < -0.4 is 10.6 Å². The van der Waals surface area contributed by atoms with Crippen LogP contribution in [0.5, 0.6) is 0 Å². The molecule has 1 aromatic heterocycles. The molecule has 1 aliphatic heterocycles. The highest BCUT2D eigenvalue weighted by Crippen LogP contribution is 2.35. The number of rotatable bonds is 8. The number of aliphatic hydroxyl groups is 1. The zero-order valence-corrected chi connectivity index (χ0v) is 21.2. The monoisotopic (exact) mass is 538 g/mol. The number of hydrogen-bond donors (Lipinski definition) is 2. The van der Waals surface area contributed by atoms with Crippen molar-refractivity contribution in [1.82, 2.24) is 14.8 Å². The summed E-state index contributed by atoms with van der Waals surface area (Å²) in [5.74, 6) is -1.95. The van der Waals surface area contributed by atoms with Gasteiger partial charge in [0.2, 0.25) is 0 Å². The first-order valence-corrected chi connectivity index (χ1v) is 11.9. The zero-order valence-electron chi connectivity index (χ0n) is 21.2. The van der Waals surface area contributed by atoms with Gasteiger partial charge in [-0.3, -0.25) is 0 Å². The van der Waals surface area contributed by atoms with Gasteiger partial charge >= 0.3 is 6.18 Å². The van der Waals surface area contributed by atoms with Gasteiger partial charge in [0.15, 0.2) is 11.6 Å². The number of nitrogens with two attached hydrogens (primary N) is 1. The van der Waals surface area contributed by atoms with Crippen molar-refractivity contribution in [3.8, 4) is 0 Å². The zero-order chi connectivity index (χ0) is 28.0. The predicted octanol–water partition coefficient (Wildman–Crippen LogP) is 3.73. The first kappa shape index (κ1) is 29.1. The summed E-state index contributed by atoms with van der Waals surface area (Å²) >= 11 is 0. The van der Waals surface area contributed by atoms with Crippen LogP contribution in [0.15, 0.2) is 59.9 Å². The van der Waals surface area contributed by atoms with Crippen LogP contribution in [0.1, 0.15) is 17.5 Å². The Bertz CT molecular complexity index is 1190. The number of aliphatic imine (C=N–C) groups is 1. The summed E-state index contributed by atoms with van der Waals surface area (Å²) in [5.41, 5.74) is 5.84. The molecule has 0 spiro atoms. The van der Waals surface area contributed by atoms with Crippen molar-refractivity contribution in [2.24, 2.45) is 10.7 Å². The van der Waals surface area contributed by atoms with Gasteiger partial charge in [-0.2, -0.15) is 13.2 Å². The Morgan fingerprint density at radius 2 is 1.87 bits per heavy atom. The van der Waals surface area contributed by atoms with Gasteiger partial charge in [0.05, 0.1) is 17.4 Å². The molecular formula is C26H31F5N6O. The van der Waals surface area contributed by atoms with Gasteiger partial charge in [0.1, 0.15) is 11.7 Å². The molecule has 1 fully saturated rings. The van der Waals surface area contributed by atoms with E-state index in [1.54, 1.807) is 9.80 Å². The Labute approximate surface area is 218 Å². The molecule has 2 heterocycles. The second-order valence-corrected chi connectivity index (χ2v) is 9.14. The molecular weight excluding hydrogens is 507 g/mol. The SMILES string of the molecule is C=C(/N=C(\C=C(/N)c1ccc(F)c(F)c1)N1CCN(c2ncccc2C(F)(F)F)CC1)C(O)CCN(C)C. The van der Waals surface area contributed by atoms with Crippen molar-refractivity contribution in [3.05, 3.63) is 77.6 Å². The summed E-state index contributed by atoms with van der Waals surface area (Å²) in [6, 6.07) is 5.46. The Morgan fingerprint density at radius 3 is 2.47 bits per heavy atom. The number of benzene rings is 1. The minimum Gasteiger partial charge on any atom is -0.398 e. The van der Waals surface area contributed by atoms with Gasteiger partial charge in [-0.25, -0.2) is 18.8 Å². The molecule has 1 saturated heterocycles. The van der Waals surface area contributed by atoms with Crippen LogP contribution in [-0.2, 0) is 6.18 Å². The normalized spacial score (nSPS) is 16.2. The van der Waals surface area contributed by atoms with Crippen molar-refractivity contribution in [1.29, 1.82) is 0 Å². The van der Waals surface area contributed by atoms with Gasteiger partial charge in [-0.05, 0) is 50.8 Å². The number of aliphatic hydroxyl groups excluding tert-OH is 1. The van der Waals surface area contributed by atoms with E-state index in [0.717, 1.165) is 18.2 Å². The van der Waals surface area contributed by atoms with Crippen LogP contribution in [0.25, 0.3) is 5.70 Å². The number of alkyl halides is 3. The number of aromatic nitrogens is 1. The van der Waals surface area contributed by atoms with E-state index in [9.17, 15) is 27.1 Å². The number of halogens is 5. The van der Waals surface area contributed by atoms with Crippen LogP contribution >= 0.6 is 0 Å². The van der Waals surface area contributed by atoms with Crippen LogP contribution in [-0.4, -0.2) is 78.6 Å². The van der Waals surface area contributed by atoms with Crippen LogP contribution in [0.2, 0.25) is 0 Å². The van der Waals surface area contributed by atoms with E-state index in [-0.39, 0.29) is 54.8 Å². The van der Waals surface area contributed by atoms with Gasteiger partial charge < -0.3 is 25.5 Å². The van der Waals surface area contributed by atoms with Crippen molar-refractivity contribution < 1.29 is 27.1 Å². The average molecular weight is 539 g/mol. The van der Waals surface area contributed by atoms with Crippen molar-refractivity contribution in [2.45, 2.75) is 18.7 Å². The summed E-state index contributed by atoms with van der Waals surface area (Å²) in [5, 5.41) is 10.5. The molecule has 0 radical (unpaired) electrons. The van der Waals surface area contributed by atoms with Crippen LogP contribution in [0.4, 0.5) is 27.8 Å². The van der Waals surface area contributed by atoms with Gasteiger partial charge in [0, 0.05) is 56.3 Å². The highest BCUT2D eigenvalue weighted by molar-refractivity contribution is 5.99. The number of pyridine rings is 1. The van der Waals surface area contributed by atoms with E-state index in [4.69, 9.17) is 5.73 Å². The fourth-order valence-electron chi connectivity index (χ4n) is 3.88. The molecule has 1 aliphatic rings. The van der Waals surface area contributed by atoms with Crippen molar-refractivity contribution in [3.63, 3.8) is 0 Å². The third-order valence-corrected chi connectivity index (χ3v) is 6.03. The lowest BCUT2D eigenvalue weighted by Gasteiger charge is -2.37. The lowest BCUT2D eigenvalue weighted by Crippen LogP contribution is -2.49. The van der Waals surface area contributed by atoms with E-state index in [1.807, 2.05) is 19.0 Å². The number of amidine groups is 1. The second-order valence-electron chi connectivity index (χ2n) is 9.14. The third-order valence-electron chi connectivity index (χ3n) is 6.03. The largest absolute Gasteiger partial charge is 0.419 e. The molecule has 0 saturated carbocycles. The molecule has 3 rings (SSSR count). The topological polar surface area (TPSA) is 81.2 Å². The van der Waals surface area contributed by atoms with E-state index in [1.165, 1.54) is 24.4 Å². The summed E-state index contributed by atoms with van der Waals surface area (Å²) in [7, 11) is 3.72. The number of hydrogen-bond acceptors (Lipinski definition) is 6. The van der Waals surface area contributed by atoms with E-state index in [0.29, 0.717) is 13.0 Å². The highest BCUT2D eigenvalue weighted by atomic mass is 19.4. The molecule has 0 amide bonds. The molecule has 12 heteroatoms. The smallest absolute Gasteiger partial charge is 0.398 e. The van der Waals surface area contributed by atoms with E-state index < -0.39 is 29.5 Å². The standard InChI is InChI=1S/C26H31F5N6O/c1-17(23(38)8-10-35(2)3)34-24(16-22(32)18-6-7-20(27)21(28)15-18)36-11-13-37(14-12-36)25-19(26(29,30)31)5-4-9-33-25/h4-7,9,15-16,23,38H,1,8,10-14,32H2,2-3H3/b22-16-,34-24+. The summed E-state index contributed by atoms with van der Waals surface area (Å²) < 4.78 is 67.7. The Hall–Kier alpha value is -3.51. The third kappa shape index (κ3) is 7.51. The Balaban J connectivity index is 1.87. The molecule has 38 heavy (non-hydrogen) atoms. The summed E-state index contributed by atoms with van der Waals surface area (Å²) in [6.45, 7) is 5.37. The van der Waals surface area contributed by atoms with Crippen LogP contribution in [0.3, 0.4) is 0 Å². The molecule has 206 valence electrons. The minimum absolute atomic E-state index is 0.0877. The molecule has 1 atom stereocenters. The maximum Gasteiger partial charge on any atom is 0.419 e. The Morgan fingerprint density at radius 1 is 1.18 bits per heavy atom. The first-order chi connectivity index (χ1) is 17.9. The lowest BCUT2D eigenvalue weighted by molar-refractivity contribution is -0.137. The fraction of sp³-hybridized carbons (Fsp3) is 0.385. The van der Waals surface area contributed by atoms with Gasteiger partial charge in [-0.15, -0.1) is 0 Å². The first-order valence-electron chi connectivity index (χ1n) is 11.9. The molecule has 3 N–H and O–H groups in total. The number of piperazine rings is 1. The number of anilines is 1. The molecule has 1 aromatic carbocycles. The van der Waals surface area contributed by atoms with E-state index in [2.05, 4.69) is 16.6 Å². The van der Waals surface area contributed by atoms with Crippen molar-refractivity contribution in [2.75, 3.05) is 51.7 Å². The molecule has 2 aromatic rings. The number of nitrogens with zero attached hydrogens (tertiary/aromatic N) is 5. The van der Waals surface area contributed by atoms with Crippen molar-refractivity contribution >= 4 is 17.4 Å². The summed E-state index contributed by atoms with van der Waals surface area (Å²) in [4.78, 5) is 13.7. The average Bonchev–Trinajstić information content (AvgIpc) is 2.87. The maximum atomic E-state index is 13.8. The molecule has 0 aliphatic carbocycles. The van der Waals surface area contributed by atoms with Crippen LogP contribution in [0, 0.1) is 11.6 Å². The van der Waals surface area contributed by atoms with E-state index >= 15 is 0 Å². The molecule has 0 bridgehead atoms. The second kappa shape index (κ2) is 12.4. The quantitative estimate of drug-likeness (QED) is 0.303. The predicted molar refractivity (Wildman–Crippen MR) is 137 cm³/mol. The lowest BCUT2D eigenvalue weighted by atomic mass is 10.1. The highest BCUT2D eigenvalue weighted by Gasteiger charge is 2.36.